The molecule has 0 bridgehead atoms. The second-order valence-electron chi connectivity index (χ2n) is 11.9. The third kappa shape index (κ3) is 7.96. The summed E-state index contributed by atoms with van der Waals surface area (Å²) in [5, 5.41) is 22.4. The molecule has 1 fully saturated rings. The lowest BCUT2D eigenvalue weighted by Crippen LogP contribution is -2.56. The monoisotopic (exact) mass is 541 g/mol. The summed E-state index contributed by atoms with van der Waals surface area (Å²) >= 11 is 0. The highest BCUT2D eigenvalue weighted by Gasteiger charge is 2.41. The van der Waals surface area contributed by atoms with Crippen LogP contribution in [0, 0.1) is 11.8 Å². The van der Waals surface area contributed by atoms with Gasteiger partial charge in [-0.15, -0.1) is 0 Å². The van der Waals surface area contributed by atoms with E-state index in [4.69, 9.17) is 0 Å². The summed E-state index contributed by atoms with van der Waals surface area (Å²) in [7, 11) is 0. The molecule has 1 saturated carbocycles. The lowest BCUT2D eigenvalue weighted by Gasteiger charge is -2.39. The normalized spacial score (nSPS) is 19.1. The second-order valence-corrected chi connectivity index (χ2v) is 11.9. The molecule has 0 aliphatic heterocycles. The highest BCUT2D eigenvalue weighted by molar-refractivity contribution is 5.75. The molecule has 5 nitrogen and oxygen atoms in total. The van der Waals surface area contributed by atoms with Crippen molar-refractivity contribution in [3.63, 3.8) is 0 Å². The van der Waals surface area contributed by atoms with Crippen LogP contribution in [0.4, 0.5) is 4.79 Å². The van der Waals surface area contributed by atoms with Crippen molar-refractivity contribution in [3.8, 4) is 0 Å². The Morgan fingerprint density at radius 2 is 1.35 bits per heavy atom. The summed E-state index contributed by atoms with van der Waals surface area (Å²) < 4.78 is 0. The Labute approximate surface area is 240 Å². The molecule has 5 heteroatoms. The fraction of sp³-hybridized carbons (Fsp3) is 0.457. The summed E-state index contributed by atoms with van der Waals surface area (Å²) in [6.45, 7) is 7.48. The van der Waals surface area contributed by atoms with Gasteiger partial charge in [-0.3, -0.25) is 0 Å². The fourth-order valence-corrected chi connectivity index (χ4v) is 6.10. The molecule has 0 aromatic heterocycles. The van der Waals surface area contributed by atoms with Gasteiger partial charge in [0, 0.05) is 12.1 Å². The van der Waals surface area contributed by atoms with E-state index in [0.29, 0.717) is 18.4 Å². The zero-order chi connectivity index (χ0) is 28.4. The summed E-state index contributed by atoms with van der Waals surface area (Å²) in [5.41, 5.74) is 1.54. The number of hydrogen-bond donors (Lipinski definition) is 4. The summed E-state index contributed by atoms with van der Waals surface area (Å²) in [6, 6.07) is 29.8. The third-order valence-corrected chi connectivity index (χ3v) is 8.43. The van der Waals surface area contributed by atoms with E-state index in [1.807, 2.05) is 60.7 Å². The molecule has 3 aromatic rings. The molecule has 1 aliphatic rings. The van der Waals surface area contributed by atoms with Gasteiger partial charge in [0.25, 0.3) is 0 Å². The van der Waals surface area contributed by atoms with Crippen molar-refractivity contribution in [2.24, 2.45) is 11.8 Å². The third-order valence-electron chi connectivity index (χ3n) is 8.43. The van der Waals surface area contributed by atoms with Crippen molar-refractivity contribution in [2.75, 3.05) is 6.54 Å². The van der Waals surface area contributed by atoms with E-state index in [0.717, 1.165) is 49.8 Å². The first-order chi connectivity index (χ1) is 19.4. The highest BCUT2D eigenvalue weighted by Crippen LogP contribution is 2.36. The lowest BCUT2D eigenvalue weighted by atomic mass is 9.77. The van der Waals surface area contributed by atoms with Gasteiger partial charge in [-0.05, 0) is 80.5 Å². The van der Waals surface area contributed by atoms with E-state index in [1.165, 1.54) is 5.56 Å². The quantitative estimate of drug-likeness (QED) is 0.201. The van der Waals surface area contributed by atoms with Gasteiger partial charge in [0.1, 0.15) is 5.60 Å². The van der Waals surface area contributed by atoms with Crippen LogP contribution in [-0.4, -0.2) is 29.8 Å². The summed E-state index contributed by atoms with van der Waals surface area (Å²) in [4.78, 5) is 13.3. The van der Waals surface area contributed by atoms with Gasteiger partial charge in [-0.25, -0.2) is 4.79 Å². The number of carbonyl (C=O) groups excluding carboxylic acids is 1. The summed E-state index contributed by atoms with van der Waals surface area (Å²) in [5.74, 6) is 0.976. The smallest absolute Gasteiger partial charge is 0.315 e. The molecular weight excluding hydrogens is 494 g/mol. The van der Waals surface area contributed by atoms with Crippen LogP contribution in [0.5, 0.6) is 0 Å². The molecule has 0 unspecified atom stereocenters. The maximum absolute atomic E-state index is 13.3. The van der Waals surface area contributed by atoms with Crippen LogP contribution in [0.3, 0.4) is 0 Å². The van der Waals surface area contributed by atoms with E-state index >= 15 is 0 Å². The molecular formula is C35H47N3O2. The second kappa shape index (κ2) is 14.5. The maximum atomic E-state index is 13.3. The molecule has 214 valence electrons. The van der Waals surface area contributed by atoms with Gasteiger partial charge in [-0.2, -0.15) is 0 Å². The molecule has 0 heterocycles. The predicted molar refractivity (Wildman–Crippen MR) is 164 cm³/mol. The van der Waals surface area contributed by atoms with Gasteiger partial charge in [0.2, 0.25) is 0 Å². The molecule has 3 aromatic carbocycles. The molecule has 40 heavy (non-hydrogen) atoms. The first kappa shape index (κ1) is 29.8. The summed E-state index contributed by atoms with van der Waals surface area (Å²) in [6.07, 6.45) is 6.04. The van der Waals surface area contributed by atoms with E-state index in [9.17, 15) is 9.90 Å². The molecule has 1 aliphatic carbocycles. The number of nitrogens with one attached hydrogen (secondary N) is 3. The van der Waals surface area contributed by atoms with Crippen molar-refractivity contribution in [2.45, 2.75) is 83.0 Å². The SMILES string of the molecule is CC(C)C[C@@H](NC(=O)NC1CCC(CCN[C@H](C)c2ccccc2)CC1)C(O)(c1ccccc1)c1ccccc1. The standard InChI is InChI=1S/C35H47N3O2/c1-26(2)25-33(35(40,30-15-9-5-10-16-30)31-17-11-6-12-18-31)38-34(39)37-32-21-19-28(20-22-32)23-24-36-27(3)29-13-7-4-8-14-29/h4-18,26-28,32-33,36,40H,19-25H2,1-3H3,(H2,37,38,39)/t27-,28?,32?,33-/m1/s1. The topological polar surface area (TPSA) is 73.4 Å². The number of rotatable bonds is 12. The van der Waals surface area contributed by atoms with E-state index < -0.39 is 11.6 Å². The fourth-order valence-electron chi connectivity index (χ4n) is 6.10. The van der Waals surface area contributed by atoms with Crippen LogP contribution in [-0.2, 0) is 5.60 Å². The first-order valence-electron chi connectivity index (χ1n) is 15.0. The van der Waals surface area contributed by atoms with Crippen LogP contribution in [0.15, 0.2) is 91.0 Å². The molecule has 0 spiro atoms. The van der Waals surface area contributed by atoms with Crippen molar-refractivity contribution in [1.29, 1.82) is 0 Å². The number of amides is 2. The Morgan fingerprint density at radius 1 is 0.825 bits per heavy atom. The number of benzene rings is 3. The Hall–Kier alpha value is -3.15. The van der Waals surface area contributed by atoms with Crippen LogP contribution in [0.25, 0.3) is 0 Å². The zero-order valence-corrected chi connectivity index (χ0v) is 24.4. The number of urea groups is 1. The number of carbonyl (C=O) groups is 1. The van der Waals surface area contributed by atoms with Gasteiger partial charge in [0.15, 0.2) is 0 Å². The van der Waals surface area contributed by atoms with Crippen molar-refractivity contribution < 1.29 is 9.90 Å². The molecule has 4 N–H and O–H groups in total. The largest absolute Gasteiger partial charge is 0.378 e. The van der Waals surface area contributed by atoms with Gasteiger partial charge in [-0.1, -0.05) is 105 Å². The maximum Gasteiger partial charge on any atom is 0.315 e. The van der Waals surface area contributed by atoms with E-state index in [1.54, 1.807) is 0 Å². The van der Waals surface area contributed by atoms with Crippen LogP contribution in [0.2, 0.25) is 0 Å². The van der Waals surface area contributed by atoms with Crippen molar-refractivity contribution in [3.05, 3.63) is 108 Å². The van der Waals surface area contributed by atoms with Gasteiger partial charge < -0.3 is 21.1 Å². The molecule has 0 saturated heterocycles. The zero-order valence-electron chi connectivity index (χ0n) is 24.4. The Balaban J connectivity index is 1.32. The number of aliphatic hydroxyl groups is 1. The van der Waals surface area contributed by atoms with Crippen LogP contribution in [0.1, 0.15) is 82.0 Å². The highest BCUT2D eigenvalue weighted by atomic mass is 16.3. The van der Waals surface area contributed by atoms with Crippen LogP contribution >= 0.6 is 0 Å². The van der Waals surface area contributed by atoms with Gasteiger partial charge in [0.05, 0.1) is 6.04 Å². The van der Waals surface area contributed by atoms with Crippen LogP contribution < -0.4 is 16.0 Å². The Morgan fingerprint density at radius 3 is 1.88 bits per heavy atom. The van der Waals surface area contributed by atoms with Crippen molar-refractivity contribution >= 4 is 6.03 Å². The van der Waals surface area contributed by atoms with E-state index in [-0.39, 0.29) is 18.0 Å². The molecule has 4 rings (SSSR count). The molecule has 2 atom stereocenters. The minimum atomic E-state index is -1.34. The average Bonchev–Trinajstić information content (AvgIpc) is 2.98. The average molecular weight is 542 g/mol. The molecule has 0 radical (unpaired) electrons. The molecule has 2 amide bonds. The first-order valence-corrected chi connectivity index (χ1v) is 15.0. The van der Waals surface area contributed by atoms with E-state index in [2.05, 4.69) is 67.1 Å². The lowest BCUT2D eigenvalue weighted by molar-refractivity contribution is 0.0327. The Bertz CT molecular complexity index is 1110. The minimum absolute atomic E-state index is 0.161. The Kier molecular flexibility index (Phi) is 10.8. The number of hydrogen-bond acceptors (Lipinski definition) is 3. The van der Waals surface area contributed by atoms with Gasteiger partial charge >= 0.3 is 6.03 Å². The minimum Gasteiger partial charge on any atom is -0.378 e. The predicted octanol–water partition coefficient (Wildman–Crippen LogP) is 6.94. The van der Waals surface area contributed by atoms with Crippen molar-refractivity contribution in [1.82, 2.24) is 16.0 Å².